The molecule has 4 rings (SSSR count). The molecule has 0 aromatic heterocycles. The minimum Gasteiger partial charge on any atom is -0.495 e. The predicted molar refractivity (Wildman–Crippen MR) is 83.8 cm³/mol. The first-order valence-corrected chi connectivity index (χ1v) is 8.64. The summed E-state index contributed by atoms with van der Waals surface area (Å²) in [7, 11) is 0. The molecule has 22 heavy (non-hydrogen) atoms. The molecular weight excluding hydrogens is 276 g/mol. The maximum atomic E-state index is 11.8. The van der Waals surface area contributed by atoms with Crippen LogP contribution in [0.5, 0.6) is 0 Å². The molecule has 4 fully saturated rings. The van der Waals surface area contributed by atoms with E-state index in [0.29, 0.717) is 23.5 Å². The highest BCUT2D eigenvalue weighted by Crippen LogP contribution is 2.68. The SMILES string of the molecule is C=C(C)OC1CC2CC1C1C3CC(OC(=O)C(=C)C)C(C3)C21. The first kappa shape index (κ1) is 14.3. The second kappa shape index (κ2) is 4.87. The second-order valence-corrected chi connectivity index (χ2v) is 8.03. The highest BCUT2D eigenvalue weighted by atomic mass is 16.5. The van der Waals surface area contributed by atoms with E-state index < -0.39 is 0 Å². The summed E-state index contributed by atoms with van der Waals surface area (Å²) in [6, 6.07) is 0. The van der Waals surface area contributed by atoms with E-state index in [1.807, 2.05) is 6.92 Å². The molecule has 0 amide bonds. The molecule has 0 aliphatic heterocycles. The number of fused-ring (bicyclic) bond motifs is 9. The summed E-state index contributed by atoms with van der Waals surface area (Å²) in [4.78, 5) is 11.8. The number of hydrogen-bond donors (Lipinski definition) is 0. The van der Waals surface area contributed by atoms with Crippen LogP contribution >= 0.6 is 0 Å². The second-order valence-electron chi connectivity index (χ2n) is 8.03. The van der Waals surface area contributed by atoms with Crippen LogP contribution in [0.3, 0.4) is 0 Å². The van der Waals surface area contributed by atoms with Gasteiger partial charge in [0.1, 0.15) is 12.2 Å². The van der Waals surface area contributed by atoms with Gasteiger partial charge >= 0.3 is 5.97 Å². The molecule has 0 saturated heterocycles. The van der Waals surface area contributed by atoms with E-state index in [0.717, 1.165) is 35.9 Å². The maximum Gasteiger partial charge on any atom is 0.333 e. The van der Waals surface area contributed by atoms with E-state index in [1.165, 1.54) is 19.3 Å². The van der Waals surface area contributed by atoms with Crippen LogP contribution in [0, 0.1) is 35.5 Å². The zero-order valence-electron chi connectivity index (χ0n) is 13.6. The molecular formula is C19H26O3. The number of allylic oxidation sites excluding steroid dienone is 1. The highest BCUT2D eigenvalue weighted by Gasteiger charge is 2.66. The number of hydrogen-bond acceptors (Lipinski definition) is 3. The molecule has 0 aromatic carbocycles. The zero-order valence-corrected chi connectivity index (χ0v) is 13.6. The predicted octanol–water partition coefficient (Wildman–Crippen LogP) is 3.71. The van der Waals surface area contributed by atoms with Gasteiger partial charge in [-0.05, 0) is 75.0 Å². The summed E-state index contributed by atoms with van der Waals surface area (Å²) in [5, 5.41) is 0. The van der Waals surface area contributed by atoms with Gasteiger partial charge < -0.3 is 9.47 Å². The molecule has 8 unspecified atom stereocenters. The van der Waals surface area contributed by atoms with Gasteiger partial charge in [-0.2, -0.15) is 0 Å². The van der Waals surface area contributed by atoms with Crippen molar-refractivity contribution in [2.75, 3.05) is 0 Å². The maximum absolute atomic E-state index is 11.8. The number of esters is 1. The smallest absolute Gasteiger partial charge is 0.333 e. The van der Waals surface area contributed by atoms with Crippen LogP contribution in [0.25, 0.3) is 0 Å². The van der Waals surface area contributed by atoms with Gasteiger partial charge in [0, 0.05) is 5.57 Å². The van der Waals surface area contributed by atoms with Crippen molar-refractivity contribution in [3.63, 3.8) is 0 Å². The van der Waals surface area contributed by atoms with E-state index in [2.05, 4.69) is 13.2 Å². The van der Waals surface area contributed by atoms with Gasteiger partial charge in [-0.3, -0.25) is 0 Å². The van der Waals surface area contributed by atoms with Crippen molar-refractivity contribution in [1.29, 1.82) is 0 Å². The summed E-state index contributed by atoms with van der Waals surface area (Å²) >= 11 is 0. The third-order valence-electron chi connectivity index (χ3n) is 6.66. The van der Waals surface area contributed by atoms with Crippen molar-refractivity contribution in [3.8, 4) is 0 Å². The Morgan fingerprint density at radius 3 is 1.82 bits per heavy atom. The van der Waals surface area contributed by atoms with Crippen LogP contribution in [0.1, 0.15) is 39.5 Å². The Kier molecular flexibility index (Phi) is 3.18. The minimum absolute atomic E-state index is 0.135. The lowest BCUT2D eigenvalue weighted by Crippen LogP contribution is -2.41. The van der Waals surface area contributed by atoms with Crippen LogP contribution in [0.15, 0.2) is 24.5 Å². The molecule has 3 heteroatoms. The fourth-order valence-electron chi connectivity index (χ4n) is 6.25. The highest BCUT2D eigenvalue weighted by molar-refractivity contribution is 5.87. The number of carbonyl (C=O) groups is 1. The minimum atomic E-state index is -0.208. The molecule has 0 heterocycles. The molecule has 8 atom stereocenters. The third-order valence-corrected chi connectivity index (χ3v) is 6.66. The molecule has 3 nitrogen and oxygen atoms in total. The molecule has 0 N–H and O–H groups in total. The van der Waals surface area contributed by atoms with Crippen LogP contribution in [-0.2, 0) is 14.3 Å². The van der Waals surface area contributed by atoms with E-state index in [-0.39, 0.29) is 12.1 Å². The van der Waals surface area contributed by atoms with E-state index in [4.69, 9.17) is 9.47 Å². The molecule has 0 aromatic rings. The Bertz CT molecular complexity index is 537. The Labute approximate surface area is 132 Å². The van der Waals surface area contributed by atoms with Crippen LogP contribution in [0.4, 0.5) is 0 Å². The van der Waals surface area contributed by atoms with E-state index in [9.17, 15) is 4.79 Å². The third kappa shape index (κ3) is 1.97. The summed E-state index contributed by atoms with van der Waals surface area (Å²) in [5.74, 6) is 4.99. The van der Waals surface area contributed by atoms with Crippen LogP contribution < -0.4 is 0 Å². The fraction of sp³-hybridized carbons (Fsp3) is 0.737. The Morgan fingerprint density at radius 2 is 1.36 bits per heavy atom. The molecule has 0 spiro atoms. The molecule has 4 aliphatic rings. The van der Waals surface area contributed by atoms with Gasteiger partial charge in [0.15, 0.2) is 0 Å². The molecule has 4 saturated carbocycles. The van der Waals surface area contributed by atoms with E-state index >= 15 is 0 Å². The molecule has 4 bridgehead atoms. The van der Waals surface area contributed by atoms with Gasteiger partial charge in [0.05, 0.1) is 5.76 Å². The van der Waals surface area contributed by atoms with Crippen LogP contribution in [-0.4, -0.2) is 18.2 Å². The normalized spacial score (nSPS) is 47.4. The van der Waals surface area contributed by atoms with Gasteiger partial charge in [0.2, 0.25) is 0 Å². The quantitative estimate of drug-likeness (QED) is 0.344. The Morgan fingerprint density at radius 1 is 0.864 bits per heavy atom. The van der Waals surface area contributed by atoms with Crippen LogP contribution in [0.2, 0.25) is 0 Å². The van der Waals surface area contributed by atoms with Gasteiger partial charge in [-0.15, -0.1) is 0 Å². The van der Waals surface area contributed by atoms with Crippen molar-refractivity contribution >= 4 is 5.97 Å². The average molecular weight is 302 g/mol. The Hall–Kier alpha value is -1.25. The molecule has 120 valence electrons. The molecule has 4 aliphatic carbocycles. The number of carbonyl (C=O) groups excluding carboxylic acids is 1. The summed E-state index contributed by atoms with van der Waals surface area (Å²) in [6.07, 6.45) is 5.30. The summed E-state index contributed by atoms with van der Waals surface area (Å²) < 4.78 is 11.7. The van der Waals surface area contributed by atoms with Crippen molar-refractivity contribution in [2.45, 2.75) is 51.7 Å². The van der Waals surface area contributed by atoms with Crippen molar-refractivity contribution in [3.05, 3.63) is 24.5 Å². The van der Waals surface area contributed by atoms with E-state index in [1.54, 1.807) is 6.92 Å². The Balaban J connectivity index is 1.47. The largest absolute Gasteiger partial charge is 0.495 e. The standard InChI is InChI=1S/C19H26O3/c1-9(2)19(20)22-16-8-12-6-14(16)18-11-5-13(17(12)18)15(7-11)21-10(3)4/h11-18H,1,3,5-8H2,2,4H3. The summed E-state index contributed by atoms with van der Waals surface area (Å²) in [6.45, 7) is 11.3. The van der Waals surface area contributed by atoms with Gasteiger partial charge in [0.25, 0.3) is 0 Å². The lowest BCUT2D eigenvalue weighted by Gasteiger charge is -2.41. The lowest BCUT2D eigenvalue weighted by atomic mass is 9.69. The molecule has 0 radical (unpaired) electrons. The van der Waals surface area contributed by atoms with Gasteiger partial charge in [-0.25, -0.2) is 4.79 Å². The van der Waals surface area contributed by atoms with Gasteiger partial charge in [-0.1, -0.05) is 13.2 Å². The average Bonchev–Trinajstić information content (AvgIpc) is 3.13. The lowest BCUT2D eigenvalue weighted by molar-refractivity contribution is -0.149. The van der Waals surface area contributed by atoms with Crippen molar-refractivity contribution < 1.29 is 14.3 Å². The fourth-order valence-corrected chi connectivity index (χ4v) is 6.25. The first-order chi connectivity index (χ1) is 10.5. The summed E-state index contributed by atoms with van der Waals surface area (Å²) in [5.41, 5.74) is 0.516. The number of ether oxygens (including phenoxy) is 2. The zero-order chi connectivity index (χ0) is 15.6. The number of rotatable bonds is 4. The van der Waals surface area contributed by atoms with Crippen molar-refractivity contribution in [1.82, 2.24) is 0 Å². The monoisotopic (exact) mass is 302 g/mol. The van der Waals surface area contributed by atoms with Crippen molar-refractivity contribution in [2.24, 2.45) is 35.5 Å². The first-order valence-electron chi connectivity index (χ1n) is 8.64. The topological polar surface area (TPSA) is 35.5 Å².